The molecule has 1 heterocycles. The standard InChI is InChI=1S/C21H27NO4S/c1-13-7-8-19-17(9-13)18(12-21(4,5)26-19)22-27(23,24)20-14(2)10-16(25-6)11-15(20)3/h7-11,18,22H,12H2,1-6H3. The van der Waals surface area contributed by atoms with Gasteiger partial charge in [-0.1, -0.05) is 17.7 Å². The first-order valence-corrected chi connectivity index (χ1v) is 10.5. The van der Waals surface area contributed by atoms with E-state index in [-0.39, 0.29) is 6.04 Å². The van der Waals surface area contributed by atoms with Crippen molar-refractivity contribution in [3.63, 3.8) is 0 Å². The molecule has 0 bridgehead atoms. The average Bonchev–Trinajstić information content (AvgIpc) is 2.53. The van der Waals surface area contributed by atoms with Crippen LogP contribution in [-0.2, 0) is 10.0 Å². The van der Waals surface area contributed by atoms with Gasteiger partial charge < -0.3 is 9.47 Å². The van der Waals surface area contributed by atoms with Crippen LogP contribution >= 0.6 is 0 Å². The molecule has 1 N–H and O–H groups in total. The second-order valence-electron chi connectivity index (χ2n) is 7.87. The van der Waals surface area contributed by atoms with Gasteiger partial charge >= 0.3 is 0 Å². The van der Waals surface area contributed by atoms with Crippen LogP contribution in [0.15, 0.2) is 35.2 Å². The highest BCUT2D eigenvalue weighted by Crippen LogP contribution is 2.41. The summed E-state index contributed by atoms with van der Waals surface area (Å²) in [5, 5.41) is 0. The third kappa shape index (κ3) is 3.96. The van der Waals surface area contributed by atoms with Crippen molar-refractivity contribution in [2.24, 2.45) is 0 Å². The molecule has 3 rings (SSSR count). The predicted molar refractivity (Wildman–Crippen MR) is 106 cm³/mol. The van der Waals surface area contributed by atoms with E-state index in [4.69, 9.17) is 9.47 Å². The fourth-order valence-electron chi connectivity index (χ4n) is 3.78. The van der Waals surface area contributed by atoms with Crippen molar-refractivity contribution in [3.8, 4) is 11.5 Å². The van der Waals surface area contributed by atoms with Gasteiger partial charge in [-0.05, 0) is 63.9 Å². The third-order valence-electron chi connectivity index (χ3n) is 4.86. The summed E-state index contributed by atoms with van der Waals surface area (Å²) in [6, 6.07) is 9.02. The lowest BCUT2D eigenvalue weighted by Crippen LogP contribution is -2.41. The van der Waals surface area contributed by atoms with Gasteiger partial charge in [0.1, 0.15) is 17.1 Å². The van der Waals surface area contributed by atoms with Crippen LogP contribution in [0, 0.1) is 20.8 Å². The molecule has 0 spiro atoms. The minimum atomic E-state index is -3.71. The molecule has 0 saturated heterocycles. The van der Waals surface area contributed by atoms with Crippen molar-refractivity contribution in [3.05, 3.63) is 52.6 Å². The van der Waals surface area contributed by atoms with E-state index < -0.39 is 15.6 Å². The van der Waals surface area contributed by atoms with E-state index in [1.807, 2.05) is 39.0 Å². The molecular weight excluding hydrogens is 362 g/mol. The Morgan fingerprint density at radius 2 is 1.74 bits per heavy atom. The van der Waals surface area contributed by atoms with Crippen LogP contribution in [0.5, 0.6) is 11.5 Å². The van der Waals surface area contributed by atoms with Crippen molar-refractivity contribution in [2.75, 3.05) is 7.11 Å². The summed E-state index contributed by atoms with van der Waals surface area (Å²) in [4.78, 5) is 0.307. The molecule has 1 aliphatic heterocycles. The topological polar surface area (TPSA) is 64.6 Å². The van der Waals surface area contributed by atoms with Crippen molar-refractivity contribution < 1.29 is 17.9 Å². The molecule has 1 atom stereocenters. The van der Waals surface area contributed by atoms with Crippen LogP contribution in [0.3, 0.4) is 0 Å². The summed E-state index contributed by atoms with van der Waals surface area (Å²) in [7, 11) is -2.14. The van der Waals surface area contributed by atoms with Gasteiger partial charge in [-0.15, -0.1) is 0 Å². The predicted octanol–water partition coefficient (Wildman–Crippen LogP) is 4.20. The fourth-order valence-corrected chi connectivity index (χ4v) is 5.45. The molecule has 0 aromatic heterocycles. The number of hydrogen-bond acceptors (Lipinski definition) is 4. The van der Waals surface area contributed by atoms with Gasteiger partial charge in [0.25, 0.3) is 0 Å². The minimum absolute atomic E-state index is 0.307. The second-order valence-corrected chi connectivity index (χ2v) is 9.52. The summed E-state index contributed by atoms with van der Waals surface area (Å²) in [5.74, 6) is 1.38. The number of ether oxygens (including phenoxy) is 2. The maximum atomic E-state index is 13.3. The first-order valence-electron chi connectivity index (χ1n) is 8.99. The summed E-state index contributed by atoms with van der Waals surface area (Å²) < 4.78 is 40.7. The largest absolute Gasteiger partial charge is 0.497 e. The second kappa shape index (κ2) is 6.84. The number of benzene rings is 2. The molecule has 0 aliphatic carbocycles. The lowest BCUT2D eigenvalue weighted by molar-refractivity contribution is 0.0701. The molecule has 5 nitrogen and oxygen atoms in total. The zero-order chi connectivity index (χ0) is 20.0. The molecule has 6 heteroatoms. The zero-order valence-electron chi connectivity index (χ0n) is 16.7. The Morgan fingerprint density at radius 1 is 1.11 bits per heavy atom. The van der Waals surface area contributed by atoms with E-state index in [2.05, 4.69) is 4.72 Å². The fraction of sp³-hybridized carbons (Fsp3) is 0.429. The molecule has 0 radical (unpaired) electrons. The summed E-state index contributed by atoms with van der Waals surface area (Å²) in [5.41, 5.74) is 2.81. The quantitative estimate of drug-likeness (QED) is 0.851. The van der Waals surface area contributed by atoms with Gasteiger partial charge in [0.05, 0.1) is 18.0 Å². The normalized spacial score (nSPS) is 18.5. The molecule has 0 saturated carbocycles. The lowest BCUT2D eigenvalue weighted by Gasteiger charge is -2.38. The smallest absolute Gasteiger partial charge is 0.241 e. The number of hydrogen-bond donors (Lipinski definition) is 1. The molecule has 0 fully saturated rings. The van der Waals surface area contributed by atoms with Crippen molar-refractivity contribution >= 4 is 10.0 Å². The lowest BCUT2D eigenvalue weighted by atomic mass is 9.89. The maximum absolute atomic E-state index is 13.3. The zero-order valence-corrected chi connectivity index (χ0v) is 17.5. The molecule has 2 aromatic rings. The van der Waals surface area contributed by atoms with E-state index >= 15 is 0 Å². The van der Waals surface area contributed by atoms with E-state index in [9.17, 15) is 8.42 Å². The molecule has 146 valence electrons. The molecule has 1 aliphatic rings. The third-order valence-corrected chi connectivity index (χ3v) is 6.63. The number of rotatable bonds is 4. The Kier molecular flexibility index (Phi) is 4.99. The van der Waals surface area contributed by atoms with Crippen LogP contribution in [0.1, 0.15) is 48.6 Å². The molecule has 1 unspecified atom stereocenters. The van der Waals surface area contributed by atoms with Crippen molar-refractivity contribution in [1.82, 2.24) is 4.72 Å². The Morgan fingerprint density at radius 3 is 2.33 bits per heavy atom. The average molecular weight is 390 g/mol. The SMILES string of the molecule is COc1cc(C)c(S(=O)(=O)NC2CC(C)(C)Oc3ccc(C)cc32)c(C)c1. The first kappa shape index (κ1) is 19.7. The number of aryl methyl sites for hydroxylation is 3. The van der Waals surface area contributed by atoms with E-state index in [0.29, 0.717) is 28.2 Å². The number of sulfonamides is 1. The first-order chi connectivity index (χ1) is 12.5. The summed E-state index contributed by atoms with van der Waals surface area (Å²) >= 11 is 0. The van der Waals surface area contributed by atoms with Crippen LogP contribution in [0.4, 0.5) is 0 Å². The van der Waals surface area contributed by atoms with Crippen LogP contribution in [-0.4, -0.2) is 21.1 Å². The van der Waals surface area contributed by atoms with E-state index in [1.54, 1.807) is 33.1 Å². The highest BCUT2D eigenvalue weighted by Gasteiger charge is 2.36. The number of fused-ring (bicyclic) bond motifs is 1. The number of methoxy groups -OCH3 is 1. The van der Waals surface area contributed by atoms with E-state index in [1.165, 1.54) is 0 Å². The summed E-state index contributed by atoms with van der Waals surface area (Å²) in [6.45, 7) is 9.51. The Balaban J connectivity index is 2.03. The molecule has 27 heavy (non-hydrogen) atoms. The van der Waals surface area contributed by atoms with Gasteiger partial charge in [-0.2, -0.15) is 0 Å². The van der Waals surface area contributed by atoms with Crippen molar-refractivity contribution in [2.45, 2.75) is 57.6 Å². The monoisotopic (exact) mass is 389 g/mol. The maximum Gasteiger partial charge on any atom is 0.241 e. The van der Waals surface area contributed by atoms with Crippen molar-refractivity contribution in [1.29, 1.82) is 0 Å². The Hall–Kier alpha value is -2.05. The molecule has 0 amide bonds. The summed E-state index contributed by atoms with van der Waals surface area (Å²) in [6.07, 6.45) is 0.553. The van der Waals surface area contributed by atoms with Gasteiger partial charge in [0.2, 0.25) is 10.0 Å². The highest BCUT2D eigenvalue weighted by molar-refractivity contribution is 7.89. The number of nitrogens with one attached hydrogen (secondary N) is 1. The van der Waals surface area contributed by atoms with E-state index in [0.717, 1.165) is 16.9 Å². The minimum Gasteiger partial charge on any atom is -0.497 e. The van der Waals surface area contributed by atoms with Gasteiger partial charge in [0.15, 0.2) is 0 Å². The van der Waals surface area contributed by atoms with Crippen LogP contribution < -0.4 is 14.2 Å². The molecule has 2 aromatic carbocycles. The Bertz CT molecular complexity index is 957. The highest BCUT2D eigenvalue weighted by atomic mass is 32.2. The van der Waals surface area contributed by atoms with Crippen LogP contribution in [0.25, 0.3) is 0 Å². The van der Waals surface area contributed by atoms with Gasteiger partial charge in [0, 0.05) is 12.0 Å². The van der Waals surface area contributed by atoms with Crippen LogP contribution in [0.2, 0.25) is 0 Å². The van der Waals surface area contributed by atoms with Gasteiger partial charge in [-0.3, -0.25) is 0 Å². The molecular formula is C21H27NO4S. The van der Waals surface area contributed by atoms with Gasteiger partial charge in [-0.25, -0.2) is 13.1 Å². The Labute approximate surface area is 161 Å².